The minimum Gasteiger partial charge on any atom is -0.370 e. The molecule has 1 aliphatic rings. The van der Waals surface area contributed by atoms with Crippen LogP contribution in [0.1, 0.15) is 37.6 Å². The Kier molecular flexibility index (Phi) is 5.03. The van der Waals surface area contributed by atoms with Gasteiger partial charge >= 0.3 is 0 Å². The summed E-state index contributed by atoms with van der Waals surface area (Å²) >= 11 is 0. The zero-order chi connectivity index (χ0) is 15.5. The van der Waals surface area contributed by atoms with Gasteiger partial charge in [-0.2, -0.15) is 0 Å². The third-order valence-corrected chi connectivity index (χ3v) is 6.04. The molecule has 0 radical (unpaired) electrons. The van der Waals surface area contributed by atoms with E-state index < -0.39 is 9.84 Å². The van der Waals surface area contributed by atoms with Gasteiger partial charge in [0.25, 0.3) is 0 Å². The first-order chi connectivity index (χ1) is 9.94. The Morgan fingerprint density at radius 3 is 2.43 bits per heavy atom. The Bertz CT molecular complexity index is 601. The lowest BCUT2D eigenvalue weighted by molar-refractivity contribution is 0.591. The van der Waals surface area contributed by atoms with E-state index in [4.69, 9.17) is 0 Å². The molecule has 1 unspecified atom stereocenters. The van der Waals surface area contributed by atoms with Crippen molar-refractivity contribution >= 4 is 21.5 Å². The minimum atomic E-state index is -2.93. The predicted molar refractivity (Wildman–Crippen MR) is 85.6 cm³/mol. The maximum Gasteiger partial charge on any atom is 0.154 e. The van der Waals surface area contributed by atoms with Crippen molar-refractivity contribution in [3.8, 4) is 0 Å². The molecule has 118 valence electrons. The van der Waals surface area contributed by atoms with Gasteiger partial charge in [-0.15, -0.1) is 0 Å². The molecule has 0 aromatic carbocycles. The molecule has 2 N–H and O–H groups in total. The lowest BCUT2D eigenvalue weighted by Crippen LogP contribution is -2.26. The molecule has 7 heteroatoms. The first-order valence-corrected chi connectivity index (χ1v) is 9.20. The fourth-order valence-corrected chi connectivity index (χ4v) is 4.28. The molecule has 1 aliphatic heterocycles. The molecule has 0 spiro atoms. The second kappa shape index (κ2) is 6.60. The Hall–Kier alpha value is -1.37. The maximum atomic E-state index is 11.9. The van der Waals surface area contributed by atoms with Crippen LogP contribution in [0.3, 0.4) is 0 Å². The van der Waals surface area contributed by atoms with Crippen molar-refractivity contribution in [1.82, 2.24) is 9.97 Å². The van der Waals surface area contributed by atoms with Crippen LogP contribution >= 0.6 is 0 Å². The third kappa shape index (κ3) is 3.84. The van der Waals surface area contributed by atoms with Gasteiger partial charge in [-0.25, -0.2) is 18.4 Å². The average molecular weight is 312 g/mol. The van der Waals surface area contributed by atoms with E-state index in [1.807, 2.05) is 13.8 Å². The lowest BCUT2D eigenvalue weighted by Gasteiger charge is -2.16. The number of sulfone groups is 1. The smallest absolute Gasteiger partial charge is 0.154 e. The van der Waals surface area contributed by atoms with Gasteiger partial charge in [-0.05, 0) is 33.1 Å². The summed E-state index contributed by atoms with van der Waals surface area (Å²) in [6.45, 7) is 7.16. The molecule has 1 aromatic heterocycles. The Morgan fingerprint density at radius 2 is 1.86 bits per heavy atom. The topological polar surface area (TPSA) is 84.0 Å². The van der Waals surface area contributed by atoms with Crippen LogP contribution < -0.4 is 10.6 Å². The van der Waals surface area contributed by atoms with Crippen molar-refractivity contribution in [1.29, 1.82) is 0 Å². The molecule has 0 bridgehead atoms. The van der Waals surface area contributed by atoms with Gasteiger partial charge in [0, 0.05) is 18.7 Å². The summed E-state index contributed by atoms with van der Waals surface area (Å²) in [5, 5.41) is 6.18. The Morgan fingerprint density at radius 1 is 1.19 bits per heavy atom. The van der Waals surface area contributed by atoms with Gasteiger partial charge in [-0.3, -0.25) is 0 Å². The number of aryl methyl sites for hydroxylation is 1. The van der Waals surface area contributed by atoms with Crippen LogP contribution in [0.15, 0.2) is 0 Å². The standard InChI is InChI=1S/C14H24N4O2S/c1-4-7-15-13-10(2)14(18-11(3)17-13)16-9-12-6-5-8-21(12,19)20/h12H,4-9H2,1-3H3,(H2,15,16,17,18). The van der Waals surface area contributed by atoms with Crippen LogP contribution in [0.25, 0.3) is 0 Å². The van der Waals surface area contributed by atoms with E-state index in [1.165, 1.54) is 0 Å². The lowest BCUT2D eigenvalue weighted by atomic mass is 10.2. The van der Waals surface area contributed by atoms with Gasteiger partial charge < -0.3 is 10.6 Å². The second-order valence-electron chi connectivity index (χ2n) is 5.53. The van der Waals surface area contributed by atoms with E-state index in [0.717, 1.165) is 43.0 Å². The minimum absolute atomic E-state index is 0.292. The molecule has 1 saturated heterocycles. The highest BCUT2D eigenvalue weighted by atomic mass is 32.2. The van der Waals surface area contributed by atoms with Crippen molar-refractivity contribution in [2.24, 2.45) is 0 Å². The zero-order valence-corrected chi connectivity index (χ0v) is 13.8. The molecule has 1 aromatic rings. The van der Waals surface area contributed by atoms with Gasteiger partial charge in [0.15, 0.2) is 9.84 Å². The molecule has 0 saturated carbocycles. The number of hydrogen-bond acceptors (Lipinski definition) is 6. The highest BCUT2D eigenvalue weighted by Gasteiger charge is 2.31. The molecular weight excluding hydrogens is 288 g/mol. The highest BCUT2D eigenvalue weighted by molar-refractivity contribution is 7.92. The van der Waals surface area contributed by atoms with Crippen molar-refractivity contribution in [3.05, 3.63) is 11.4 Å². The molecule has 1 fully saturated rings. The van der Waals surface area contributed by atoms with E-state index >= 15 is 0 Å². The summed E-state index contributed by atoms with van der Waals surface area (Å²) < 4.78 is 23.7. The number of nitrogens with one attached hydrogen (secondary N) is 2. The monoisotopic (exact) mass is 312 g/mol. The summed E-state index contributed by atoms with van der Waals surface area (Å²) in [5.74, 6) is 2.53. The van der Waals surface area contributed by atoms with Crippen molar-refractivity contribution < 1.29 is 8.42 Å². The molecule has 6 nitrogen and oxygen atoms in total. The first-order valence-electron chi connectivity index (χ1n) is 7.48. The van der Waals surface area contributed by atoms with E-state index in [2.05, 4.69) is 27.5 Å². The first kappa shape index (κ1) is 16.0. The van der Waals surface area contributed by atoms with Crippen LogP contribution in [0, 0.1) is 13.8 Å². The Balaban J connectivity index is 2.11. The van der Waals surface area contributed by atoms with E-state index in [-0.39, 0.29) is 5.25 Å². The van der Waals surface area contributed by atoms with E-state index in [0.29, 0.717) is 18.1 Å². The molecule has 21 heavy (non-hydrogen) atoms. The SMILES string of the molecule is CCCNc1nc(C)nc(NCC2CCCS2(=O)=O)c1C. The number of aromatic nitrogens is 2. The highest BCUT2D eigenvalue weighted by Crippen LogP contribution is 2.23. The van der Waals surface area contributed by atoms with E-state index in [1.54, 1.807) is 0 Å². The van der Waals surface area contributed by atoms with Crippen molar-refractivity contribution in [3.63, 3.8) is 0 Å². The molecule has 0 aliphatic carbocycles. The summed E-state index contributed by atoms with van der Waals surface area (Å²) in [6.07, 6.45) is 2.52. The zero-order valence-electron chi connectivity index (χ0n) is 12.9. The molecular formula is C14H24N4O2S. The van der Waals surface area contributed by atoms with Crippen LogP contribution in [-0.4, -0.2) is 42.5 Å². The number of hydrogen-bond donors (Lipinski definition) is 2. The fourth-order valence-electron chi connectivity index (χ4n) is 2.51. The molecule has 0 amide bonds. The van der Waals surface area contributed by atoms with Gasteiger partial charge in [-0.1, -0.05) is 6.92 Å². The normalized spacial score (nSPS) is 20.4. The van der Waals surface area contributed by atoms with Gasteiger partial charge in [0.2, 0.25) is 0 Å². The number of anilines is 2. The fraction of sp³-hybridized carbons (Fsp3) is 0.714. The summed E-state index contributed by atoms with van der Waals surface area (Å²) in [6, 6.07) is 0. The van der Waals surface area contributed by atoms with Crippen molar-refractivity contribution in [2.75, 3.05) is 29.5 Å². The molecule has 1 atom stereocenters. The van der Waals surface area contributed by atoms with Crippen LogP contribution in [0.4, 0.5) is 11.6 Å². The second-order valence-corrected chi connectivity index (χ2v) is 7.93. The van der Waals surface area contributed by atoms with E-state index in [9.17, 15) is 8.42 Å². The third-order valence-electron chi connectivity index (χ3n) is 3.76. The largest absolute Gasteiger partial charge is 0.370 e. The van der Waals surface area contributed by atoms with Crippen LogP contribution in [0.2, 0.25) is 0 Å². The average Bonchev–Trinajstić information content (AvgIpc) is 2.76. The number of rotatable bonds is 6. The summed E-state index contributed by atoms with van der Waals surface area (Å²) in [4.78, 5) is 8.79. The van der Waals surface area contributed by atoms with Crippen LogP contribution in [-0.2, 0) is 9.84 Å². The van der Waals surface area contributed by atoms with Crippen molar-refractivity contribution in [2.45, 2.75) is 45.3 Å². The number of nitrogens with zero attached hydrogens (tertiary/aromatic N) is 2. The quantitative estimate of drug-likeness (QED) is 0.834. The molecule has 2 rings (SSSR count). The maximum absolute atomic E-state index is 11.9. The summed E-state index contributed by atoms with van der Waals surface area (Å²) in [7, 11) is -2.93. The Labute approximate surface area is 126 Å². The summed E-state index contributed by atoms with van der Waals surface area (Å²) in [5.41, 5.74) is 0.935. The molecule has 2 heterocycles. The van der Waals surface area contributed by atoms with Crippen LogP contribution in [0.5, 0.6) is 0 Å². The van der Waals surface area contributed by atoms with Gasteiger partial charge in [0.1, 0.15) is 17.5 Å². The predicted octanol–water partition coefficient (Wildman–Crippen LogP) is 1.90. The van der Waals surface area contributed by atoms with Gasteiger partial charge in [0.05, 0.1) is 11.0 Å².